The third kappa shape index (κ3) is 4.12. The van der Waals surface area contributed by atoms with Crippen LogP contribution in [0.1, 0.15) is 30.9 Å². The SMILES string of the molecule is COc1ccccc1NC(=O)Nc1ccc2n(c1=O)CC1CC2CN(C2CCOCC2)C1. The Kier molecular flexibility index (Phi) is 5.89. The molecule has 0 aliphatic carbocycles. The van der Waals surface area contributed by atoms with Crippen molar-refractivity contribution in [2.75, 3.05) is 44.0 Å². The fraction of sp³-hybridized carbons (Fsp3) is 0.500. The molecule has 2 aromatic rings. The van der Waals surface area contributed by atoms with Gasteiger partial charge in [-0.2, -0.15) is 0 Å². The average molecular weight is 439 g/mol. The number of fused-ring (bicyclic) bond motifs is 4. The first kappa shape index (κ1) is 21.0. The summed E-state index contributed by atoms with van der Waals surface area (Å²) in [6.07, 6.45) is 3.31. The molecule has 2 bridgehead atoms. The number of carbonyl (C=O) groups excluding carboxylic acids is 1. The molecule has 2 saturated heterocycles. The molecule has 0 spiro atoms. The number of ether oxygens (including phenoxy) is 2. The van der Waals surface area contributed by atoms with Gasteiger partial charge < -0.3 is 24.7 Å². The largest absolute Gasteiger partial charge is 0.495 e. The van der Waals surface area contributed by atoms with Crippen LogP contribution in [0.25, 0.3) is 0 Å². The normalized spacial score (nSPS) is 23.3. The first-order chi connectivity index (χ1) is 15.6. The van der Waals surface area contributed by atoms with Crippen LogP contribution in [0.3, 0.4) is 0 Å². The molecular weight excluding hydrogens is 408 g/mol. The number of anilines is 2. The zero-order valence-corrected chi connectivity index (χ0v) is 18.4. The van der Waals surface area contributed by atoms with Gasteiger partial charge in [0.1, 0.15) is 11.4 Å². The maximum absolute atomic E-state index is 13.2. The van der Waals surface area contributed by atoms with Crippen molar-refractivity contribution in [3.05, 3.63) is 52.4 Å². The quantitative estimate of drug-likeness (QED) is 0.766. The molecule has 8 nitrogen and oxygen atoms in total. The minimum Gasteiger partial charge on any atom is -0.495 e. The van der Waals surface area contributed by atoms with Gasteiger partial charge in [0.15, 0.2) is 0 Å². The molecule has 2 unspecified atom stereocenters. The van der Waals surface area contributed by atoms with E-state index in [9.17, 15) is 9.59 Å². The predicted octanol–water partition coefficient (Wildman–Crippen LogP) is 3.10. The molecule has 1 aromatic carbocycles. The zero-order valence-electron chi connectivity index (χ0n) is 18.4. The van der Waals surface area contributed by atoms with Crippen LogP contribution in [0, 0.1) is 5.92 Å². The summed E-state index contributed by atoms with van der Waals surface area (Å²) in [5.74, 6) is 1.38. The number of piperidine rings is 1. The number of urea groups is 1. The lowest BCUT2D eigenvalue weighted by Gasteiger charge is -2.46. The molecule has 32 heavy (non-hydrogen) atoms. The van der Waals surface area contributed by atoms with Gasteiger partial charge in [-0.05, 0) is 49.4 Å². The second kappa shape index (κ2) is 8.96. The van der Waals surface area contributed by atoms with E-state index in [4.69, 9.17) is 9.47 Å². The summed E-state index contributed by atoms with van der Waals surface area (Å²) in [5, 5.41) is 5.48. The number of para-hydroxylation sites is 2. The van der Waals surface area contributed by atoms with Crippen molar-refractivity contribution >= 4 is 17.4 Å². The van der Waals surface area contributed by atoms with E-state index in [0.717, 1.165) is 51.3 Å². The summed E-state index contributed by atoms with van der Waals surface area (Å²) >= 11 is 0. The van der Waals surface area contributed by atoms with E-state index in [1.54, 1.807) is 25.3 Å². The number of amides is 2. The second-order valence-electron chi connectivity index (χ2n) is 8.96. The molecular formula is C24H30N4O4. The van der Waals surface area contributed by atoms with Crippen molar-refractivity contribution in [1.29, 1.82) is 0 Å². The van der Waals surface area contributed by atoms with Crippen molar-refractivity contribution in [2.45, 2.75) is 37.8 Å². The third-order valence-electron chi connectivity index (χ3n) is 6.94. The van der Waals surface area contributed by atoms with Crippen molar-refractivity contribution in [1.82, 2.24) is 9.47 Å². The molecule has 0 radical (unpaired) electrons. The molecule has 2 N–H and O–H groups in total. The minimum absolute atomic E-state index is 0.133. The van der Waals surface area contributed by atoms with Crippen molar-refractivity contribution in [3.63, 3.8) is 0 Å². The van der Waals surface area contributed by atoms with E-state index < -0.39 is 6.03 Å². The number of methoxy groups -OCH3 is 1. The van der Waals surface area contributed by atoms with Gasteiger partial charge in [0.25, 0.3) is 5.56 Å². The summed E-state index contributed by atoms with van der Waals surface area (Å²) in [6, 6.07) is 11.0. The lowest BCUT2D eigenvalue weighted by atomic mass is 9.82. The predicted molar refractivity (Wildman–Crippen MR) is 123 cm³/mol. The van der Waals surface area contributed by atoms with Gasteiger partial charge >= 0.3 is 6.03 Å². The first-order valence-electron chi connectivity index (χ1n) is 11.4. The molecule has 2 fully saturated rings. The summed E-state index contributed by atoms with van der Waals surface area (Å²) in [5.41, 5.74) is 1.79. The third-order valence-corrected chi connectivity index (χ3v) is 6.94. The molecule has 2 atom stereocenters. The molecule has 8 heteroatoms. The monoisotopic (exact) mass is 438 g/mol. The van der Waals surface area contributed by atoms with E-state index in [0.29, 0.717) is 41.5 Å². The summed E-state index contributed by atoms with van der Waals surface area (Å²) in [4.78, 5) is 28.4. The van der Waals surface area contributed by atoms with E-state index in [-0.39, 0.29) is 5.56 Å². The second-order valence-corrected chi connectivity index (χ2v) is 8.96. The molecule has 170 valence electrons. The molecule has 3 aliphatic rings. The Morgan fingerprint density at radius 3 is 2.62 bits per heavy atom. The first-order valence-corrected chi connectivity index (χ1v) is 11.4. The van der Waals surface area contributed by atoms with Gasteiger partial charge in [0, 0.05) is 50.5 Å². The lowest BCUT2D eigenvalue weighted by Crippen LogP contribution is -2.51. The smallest absolute Gasteiger partial charge is 0.323 e. The number of hydrogen-bond acceptors (Lipinski definition) is 5. The van der Waals surface area contributed by atoms with Crippen LogP contribution >= 0.6 is 0 Å². The summed E-state index contributed by atoms with van der Waals surface area (Å²) < 4.78 is 12.7. The number of likely N-dealkylation sites (tertiary alicyclic amines) is 1. The van der Waals surface area contributed by atoms with Gasteiger partial charge in [-0.25, -0.2) is 4.79 Å². The van der Waals surface area contributed by atoms with Gasteiger partial charge in [-0.1, -0.05) is 12.1 Å². The van der Waals surface area contributed by atoms with E-state index in [1.165, 1.54) is 0 Å². The number of nitrogens with one attached hydrogen (secondary N) is 2. The van der Waals surface area contributed by atoms with E-state index >= 15 is 0 Å². The Labute approximate surface area is 187 Å². The summed E-state index contributed by atoms with van der Waals surface area (Å²) in [6.45, 7) is 4.41. The van der Waals surface area contributed by atoms with Gasteiger partial charge in [0.05, 0.1) is 12.8 Å². The van der Waals surface area contributed by atoms with Gasteiger partial charge in [-0.15, -0.1) is 0 Å². The molecule has 1 aromatic heterocycles. The summed E-state index contributed by atoms with van der Waals surface area (Å²) in [7, 11) is 1.55. The highest BCUT2D eigenvalue weighted by molar-refractivity contribution is 6.00. The molecule has 0 saturated carbocycles. The lowest BCUT2D eigenvalue weighted by molar-refractivity contribution is 0.00589. The average Bonchev–Trinajstić information content (AvgIpc) is 2.82. The van der Waals surface area contributed by atoms with Crippen LogP contribution in [0.4, 0.5) is 16.2 Å². The number of aromatic nitrogens is 1. The molecule has 2 amide bonds. The number of rotatable bonds is 4. The fourth-order valence-electron chi connectivity index (χ4n) is 5.45. The number of benzene rings is 1. The maximum atomic E-state index is 13.2. The van der Waals surface area contributed by atoms with Crippen LogP contribution in [-0.4, -0.2) is 55.0 Å². The van der Waals surface area contributed by atoms with E-state index in [2.05, 4.69) is 15.5 Å². The van der Waals surface area contributed by atoms with Crippen molar-refractivity contribution in [3.8, 4) is 5.75 Å². The van der Waals surface area contributed by atoms with Crippen LogP contribution in [0.2, 0.25) is 0 Å². The standard InChI is InChI=1S/C24H30N4O4/c1-31-22-5-3-2-4-19(22)25-24(30)26-20-6-7-21-17-12-16(14-28(21)23(20)29)13-27(15-17)18-8-10-32-11-9-18/h2-7,16-18H,8-15H2,1H3,(H2,25,26,30). The number of nitrogens with zero attached hydrogens (tertiary/aromatic N) is 2. The maximum Gasteiger partial charge on any atom is 0.323 e. The Balaban J connectivity index is 1.31. The van der Waals surface area contributed by atoms with Crippen molar-refractivity contribution in [2.24, 2.45) is 5.92 Å². The van der Waals surface area contributed by atoms with Crippen LogP contribution in [-0.2, 0) is 11.3 Å². The molecule has 5 rings (SSSR count). The number of carbonyl (C=O) groups is 1. The molecule has 4 heterocycles. The topological polar surface area (TPSA) is 84.8 Å². The Hall–Kier alpha value is -2.84. The number of hydrogen-bond donors (Lipinski definition) is 2. The van der Waals surface area contributed by atoms with Crippen molar-refractivity contribution < 1.29 is 14.3 Å². The Bertz CT molecular complexity index is 1050. The van der Waals surface area contributed by atoms with Crippen LogP contribution in [0.15, 0.2) is 41.2 Å². The molecule has 3 aliphatic heterocycles. The highest BCUT2D eigenvalue weighted by Crippen LogP contribution is 2.37. The van der Waals surface area contributed by atoms with E-state index in [1.807, 2.05) is 22.8 Å². The fourth-order valence-corrected chi connectivity index (χ4v) is 5.45. The zero-order chi connectivity index (χ0) is 22.1. The Morgan fingerprint density at radius 1 is 1.03 bits per heavy atom. The highest BCUT2D eigenvalue weighted by Gasteiger charge is 2.37. The Morgan fingerprint density at radius 2 is 1.81 bits per heavy atom. The van der Waals surface area contributed by atoms with Gasteiger partial charge in [-0.3, -0.25) is 9.69 Å². The minimum atomic E-state index is -0.464. The van der Waals surface area contributed by atoms with Crippen LogP contribution in [0.5, 0.6) is 5.75 Å². The number of pyridine rings is 1. The highest BCUT2D eigenvalue weighted by atomic mass is 16.5. The van der Waals surface area contributed by atoms with Crippen LogP contribution < -0.4 is 20.9 Å². The van der Waals surface area contributed by atoms with Gasteiger partial charge in [0.2, 0.25) is 0 Å².